The summed E-state index contributed by atoms with van der Waals surface area (Å²) >= 11 is 18.0. The van der Waals surface area contributed by atoms with Gasteiger partial charge in [-0.2, -0.15) is 0 Å². The zero-order valence-electron chi connectivity index (χ0n) is 11.0. The fraction of sp³-hybridized carbons (Fsp3) is 0.133. The topological polar surface area (TPSA) is 17.8 Å². The maximum Gasteiger partial charge on any atom is 0.144 e. The van der Waals surface area contributed by atoms with Crippen LogP contribution in [0.2, 0.25) is 10.0 Å². The normalized spacial score (nSPS) is 11.3. The second kappa shape index (κ2) is 5.48. The lowest BCUT2D eigenvalue weighted by molar-refractivity contribution is 0.629. The number of rotatable bonds is 2. The van der Waals surface area contributed by atoms with Crippen LogP contribution in [-0.4, -0.2) is 9.55 Å². The summed E-state index contributed by atoms with van der Waals surface area (Å²) in [5.74, 6) is 0.310. The molecular weight excluding hydrogens is 334 g/mol. The van der Waals surface area contributed by atoms with Crippen LogP contribution in [0.3, 0.4) is 0 Å². The van der Waals surface area contributed by atoms with Crippen LogP contribution in [0.25, 0.3) is 16.7 Å². The van der Waals surface area contributed by atoms with E-state index < -0.39 is 5.82 Å². The molecule has 1 aromatic heterocycles. The van der Waals surface area contributed by atoms with E-state index in [4.69, 9.17) is 34.8 Å². The molecule has 21 heavy (non-hydrogen) atoms. The number of imidazole rings is 1. The van der Waals surface area contributed by atoms with Crippen molar-refractivity contribution in [3.63, 3.8) is 0 Å². The van der Waals surface area contributed by atoms with E-state index in [2.05, 4.69) is 4.98 Å². The Kier molecular flexibility index (Phi) is 3.82. The molecule has 6 heteroatoms. The number of fused-ring (bicyclic) bond motifs is 1. The highest BCUT2D eigenvalue weighted by Crippen LogP contribution is 2.30. The number of nitrogens with zero attached hydrogens (tertiary/aromatic N) is 2. The molecule has 0 unspecified atom stereocenters. The molecule has 0 aliphatic rings. The number of benzene rings is 2. The highest BCUT2D eigenvalue weighted by molar-refractivity contribution is 6.32. The van der Waals surface area contributed by atoms with Crippen molar-refractivity contribution in [3.05, 3.63) is 57.6 Å². The Morgan fingerprint density at radius 3 is 2.67 bits per heavy atom. The number of aromatic nitrogens is 2. The first-order chi connectivity index (χ1) is 10.0. The average Bonchev–Trinajstić information content (AvgIpc) is 2.80. The molecule has 2 aromatic carbocycles. The molecule has 3 aromatic rings. The predicted molar refractivity (Wildman–Crippen MR) is 85.3 cm³/mol. The van der Waals surface area contributed by atoms with Gasteiger partial charge in [-0.15, -0.1) is 11.6 Å². The van der Waals surface area contributed by atoms with Crippen molar-refractivity contribution in [2.45, 2.75) is 12.8 Å². The van der Waals surface area contributed by atoms with E-state index in [9.17, 15) is 4.39 Å². The molecule has 0 fully saturated rings. The van der Waals surface area contributed by atoms with Gasteiger partial charge in [0.2, 0.25) is 0 Å². The van der Waals surface area contributed by atoms with Gasteiger partial charge in [-0.3, -0.25) is 4.57 Å². The highest BCUT2D eigenvalue weighted by atomic mass is 35.5. The van der Waals surface area contributed by atoms with Crippen LogP contribution in [0, 0.1) is 12.7 Å². The molecule has 0 saturated heterocycles. The van der Waals surface area contributed by atoms with E-state index >= 15 is 0 Å². The summed E-state index contributed by atoms with van der Waals surface area (Å²) in [4.78, 5) is 4.42. The van der Waals surface area contributed by atoms with Gasteiger partial charge < -0.3 is 0 Å². The van der Waals surface area contributed by atoms with Crippen LogP contribution in [0.1, 0.15) is 11.4 Å². The molecule has 0 atom stereocenters. The summed E-state index contributed by atoms with van der Waals surface area (Å²) in [6.45, 7) is 1.90. The van der Waals surface area contributed by atoms with Gasteiger partial charge in [-0.05, 0) is 30.7 Å². The lowest BCUT2D eigenvalue weighted by Crippen LogP contribution is -2.02. The summed E-state index contributed by atoms with van der Waals surface area (Å²) in [7, 11) is 0. The van der Waals surface area contributed by atoms with Crippen molar-refractivity contribution >= 4 is 45.8 Å². The lowest BCUT2D eigenvalue weighted by Gasteiger charge is -2.12. The Balaban J connectivity index is 2.40. The maximum absolute atomic E-state index is 13.8. The Labute approximate surface area is 136 Å². The molecule has 3 rings (SSSR count). The fourth-order valence-corrected chi connectivity index (χ4v) is 2.83. The minimum atomic E-state index is -0.494. The number of hydrogen-bond acceptors (Lipinski definition) is 1. The van der Waals surface area contributed by atoms with Crippen LogP contribution in [0.4, 0.5) is 4.39 Å². The van der Waals surface area contributed by atoms with Crippen LogP contribution < -0.4 is 0 Å². The zero-order valence-corrected chi connectivity index (χ0v) is 13.3. The molecular formula is C15H10Cl3FN2. The van der Waals surface area contributed by atoms with E-state index in [0.717, 1.165) is 11.3 Å². The maximum atomic E-state index is 13.8. The lowest BCUT2D eigenvalue weighted by atomic mass is 10.2. The first-order valence-corrected chi connectivity index (χ1v) is 7.49. The Hall–Kier alpha value is -1.29. The standard InChI is InChI=1S/C15H10Cl3FN2/c1-8-9(17)3-2-4-13(8)21-14-6-11(19)10(18)5-12(14)20-15(21)7-16/h2-6H,7H2,1H3. The number of alkyl halides is 1. The van der Waals surface area contributed by atoms with E-state index in [1.165, 1.54) is 12.1 Å². The van der Waals surface area contributed by atoms with Gasteiger partial charge >= 0.3 is 0 Å². The second-order valence-corrected chi connectivity index (χ2v) is 5.72. The minimum Gasteiger partial charge on any atom is -0.295 e. The summed E-state index contributed by atoms with van der Waals surface area (Å²) in [5.41, 5.74) is 2.90. The third kappa shape index (κ3) is 2.39. The van der Waals surface area contributed by atoms with Gasteiger partial charge in [-0.1, -0.05) is 29.3 Å². The molecule has 0 bridgehead atoms. The van der Waals surface area contributed by atoms with Crippen molar-refractivity contribution in [3.8, 4) is 5.69 Å². The predicted octanol–water partition coefficient (Wildman–Crippen LogP) is 5.52. The summed E-state index contributed by atoms with van der Waals surface area (Å²) in [5, 5.41) is 0.667. The molecule has 1 heterocycles. The summed E-state index contributed by atoms with van der Waals surface area (Å²) in [6.07, 6.45) is 0. The first-order valence-electron chi connectivity index (χ1n) is 6.20. The summed E-state index contributed by atoms with van der Waals surface area (Å²) < 4.78 is 15.6. The second-order valence-electron chi connectivity index (χ2n) is 4.64. The van der Waals surface area contributed by atoms with Gasteiger partial charge in [0, 0.05) is 11.1 Å². The van der Waals surface area contributed by atoms with Crippen molar-refractivity contribution in [2.24, 2.45) is 0 Å². The van der Waals surface area contributed by atoms with Gasteiger partial charge in [-0.25, -0.2) is 9.37 Å². The first kappa shape index (κ1) is 14.6. The number of hydrogen-bond donors (Lipinski definition) is 0. The van der Waals surface area contributed by atoms with Gasteiger partial charge in [0.1, 0.15) is 11.6 Å². The fourth-order valence-electron chi connectivity index (χ4n) is 2.32. The molecule has 0 spiro atoms. The Morgan fingerprint density at radius 2 is 1.95 bits per heavy atom. The van der Waals surface area contributed by atoms with E-state index in [1.54, 1.807) is 6.07 Å². The van der Waals surface area contributed by atoms with Crippen molar-refractivity contribution < 1.29 is 4.39 Å². The van der Waals surface area contributed by atoms with E-state index in [-0.39, 0.29) is 10.9 Å². The quantitative estimate of drug-likeness (QED) is 0.560. The largest absolute Gasteiger partial charge is 0.295 e. The third-order valence-corrected chi connectivity index (χ3v) is 4.30. The highest BCUT2D eigenvalue weighted by Gasteiger charge is 2.16. The third-order valence-electron chi connectivity index (χ3n) is 3.37. The summed E-state index contributed by atoms with van der Waals surface area (Å²) in [6, 6.07) is 8.39. The van der Waals surface area contributed by atoms with E-state index in [1.807, 2.05) is 23.6 Å². The van der Waals surface area contributed by atoms with Crippen LogP contribution >= 0.6 is 34.8 Å². The van der Waals surface area contributed by atoms with Gasteiger partial charge in [0.15, 0.2) is 0 Å². The monoisotopic (exact) mass is 342 g/mol. The molecule has 108 valence electrons. The van der Waals surface area contributed by atoms with E-state index in [0.29, 0.717) is 21.9 Å². The van der Waals surface area contributed by atoms with Crippen molar-refractivity contribution in [1.82, 2.24) is 9.55 Å². The SMILES string of the molecule is Cc1c(Cl)cccc1-n1c(CCl)nc2cc(Cl)c(F)cc21. The molecule has 0 saturated carbocycles. The Morgan fingerprint density at radius 1 is 1.19 bits per heavy atom. The van der Waals surface area contributed by atoms with Crippen molar-refractivity contribution in [2.75, 3.05) is 0 Å². The van der Waals surface area contributed by atoms with Crippen molar-refractivity contribution in [1.29, 1.82) is 0 Å². The molecule has 0 aliphatic heterocycles. The van der Waals surface area contributed by atoms with Gasteiger partial charge in [0.05, 0.1) is 27.6 Å². The molecule has 0 aliphatic carbocycles. The van der Waals surface area contributed by atoms with Gasteiger partial charge in [0.25, 0.3) is 0 Å². The minimum absolute atomic E-state index is 0.0380. The smallest absolute Gasteiger partial charge is 0.144 e. The Bertz CT molecular complexity index is 843. The number of halogens is 4. The molecule has 0 N–H and O–H groups in total. The van der Waals surface area contributed by atoms with Crippen LogP contribution in [-0.2, 0) is 5.88 Å². The molecule has 0 amide bonds. The van der Waals surface area contributed by atoms with Crippen LogP contribution in [0.5, 0.6) is 0 Å². The molecule has 2 nitrogen and oxygen atoms in total. The van der Waals surface area contributed by atoms with Crippen LogP contribution in [0.15, 0.2) is 30.3 Å². The molecule has 0 radical (unpaired) electrons. The average molecular weight is 344 g/mol. The zero-order chi connectivity index (χ0) is 15.1.